The van der Waals surface area contributed by atoms with E-state index in [0.717, 1.165) is 13.1 Å². The molecule has 2 aromatic rings. The van der Waals surface area contributed by atoms with Crippen LogP contribution in [-0.4, -0.2) is 9.13 Å². The van der Waals surface area contributed by atoms with Crippen LogP contribution in [0.3, 0.4) is 0 Å². The molecular weight excluding hydrogens is 444 g/mol. The van der Waals surface area contributed by atoms with Crippen LogP contribution >= 0.6 is 34.0 Å². The molecule has 4 nitrogen and oxygen atoms in total. The van der Waals surface area contributed by atoms with Crippen LogP contribution < -0.4 is 10.7 Å². The first-order chi connectivity index (χ1) is 11.2. The van der Waals surface area contributed by atoms with Crippen molar-refractivity contribution in [3.63, 3.8) is 0 Å². The van der Waals surface area contributed by atoms with E-state index >= 15 is 0 Å². The Balaban J connectivity index is 0.00000288. The SMILES string of the molecule is Br.Br.N=c1ccn(CCCCCCCCCn2ccc(=N)cc2)cc1. The summed E-state index contributed by atoms with van der Waals surface area (Å²) in [6, 6.07) is 7.37. The summed E-state index contributed by atoms with van der Waals surface area (Å²) in [5, 5.41) is 16.1. The monoisotopic (exact) mass is 472 g/mol. The molecule has 0 aromatic carbocycles. The van der Waals surface area contributed by atoms with Crippen LogP contribution in [0.2, 0.25) is 0 Å². The van der Waals surface area contributed by atoms with E-state index in [0.29, 0.717) is 10.7 Å². The number of hydrogen-bond donors (Lipinski definition) is 2. The number of pyridine rings is 2. The van der Waals surface area contributed by atoms with E-state index in [4.69, 9.17) is 10.8 Å². The van der Waals surface area contributed by atoms with E-state index in [1.54, 1.807) is 0 Å². The lowest BCUT2D eigenvalue weighted by Crippen LogP contribution is -2.04. The largest absolute Gasteiger partial charge is 0.354 e. The van der Waals surface area contributed by atoms with E-state index in [1.807, 2.05) is 49.1 Å². The summed E-state index contributed by atoms with van der Waals surface area (Å²) >= 11 is 0. The summed E-state index contributed by atoms with van der Waals surface area (Å²) in [5.41, 5.74) is 0. The molecule has 6 heteroatoms. The molecule has 25 heavy (non-hydrogen) atoms. The Hall–Kier alpha value is -1.14. The van der Waals surface area contributed by atoms with Gasteiger partial charge in [0.25, 0.3) is 0 Å². The Morgan fingerprint density at radius 1 is 0.520 bits per heavy atom. The number of halogens is 2. The fraction of sp³-hybridized carbons (Fsp3) is 0.474. The van der Waals surface area contributed by atoms with Crippen LogP contribution in [0.4, 0.5) is 0 Å². The lowest BCUT2D eigenvalue weighted by molar-refractivity contribution is 0.527. The fourth-order valence-electron chi connectivity index (χ4n) is 2.69. The minimum absolute atomic E-state index is 0. The number of aryl methyl sites for hydroxylation is 2. The molecule has 0 fully saturated rings. The Labute approximate surface area is 171 Å². The topological polar surface area (TPSA) is 57.6 Å². The van der Waals surface area contributed by atoms with Crippen molar-refractivity contribution in [2.75, 3.05) is 0 Å². The maximum Gasteiger partial charge on any atom is 0.0568 e. The molecule has 0 unspecified atom stereocenters. The van der Waals surface area contributed by atoms with Gasteiger partial charge < -0.3 is 20.0 Å². The highest BCUT2D eigenvalue weighted by Gasteiger charge is 1.94. The van der Waals surface area contributed by atoms with Crippen molar-refractivity contribution in [3.8, 4) is 0 Å². The number of nitrogens with zero attached hydrogens (tertiary/aromatic N) is 2. The van der Waals surface area contributed by atoms with E-state index in [2.05, 4.69) is 9.13 Å². The third-order valence-electron chi connectivity index (χ3n) is 4.11. The predicted octanol–water partition coefficient (Wildman–Crippen LogP) is 4.84. The van der Waals surface area contributed by atoms with Crippen LogP contribution in [0.15, 0.2) is 49.1 Å². The van der Waals surface area contributed by atoms with Crippen molar-refractivity contribution in [2.45, 2.75) is 58.0 Å². The zero-order chi connectivity index (χ0) is 16.3. The second-order valence-corrected chi connectivity index (χ2v) is 6.12. The predicted molar refractivity (Wildman–Crippen MR) is 114 cm³/mol. The summed E-state index contributed by atoms with van der Waals surface area (Å²) in [6.45, 7) is 2.12. The van der Waals surface area contributed by atoms with Gasteiger partial charge in [-0.2, -0.15) is 0 Å². The Morgan fingerprint density at radius 3 is 1.12 bits per heavy atom. The minimum atomic E-state index is 0. The number of nitrogens with one attached hydrogen (secondary N) is 2. The number of rotatable bonds is 10. The fourth-order valence-corrected chi connectivity index (χ4v) is 2.69. The molecule has 0 bridgehead atoms. The molecule has 0 aliphatic heterocycles. The molecule has 2 N–H and O–H groups in total. The van der Waals surface area contributed by atoms with Crippen LogP contribution in [-0.2, 0) is 13.1 Å². The van der Waals surface area contributed by atoms with Gasteiger partial charge in [-0.15, -0.1) is 34.0 Å². The summed E-state index contributed by atoms with van der Waals surface area (Å²) in [6.07, 6.45) is 16.9. The normalized spacial score (nSPS) is 9.92. The lowest BCUT2D eigenvalue weighted by Gasteiger charge is -2.07. The first kappa shape index (κ1) is 23.9. The van der Waals surface area contributed by atoms with Gasteiger partial charge >= 0.3 is 0 Å². The van der Waals surface area contributed by atoms with Crippen molar-refractivity contribution in [3.05, 3.63) is 59.8 Å². The smallest absolute Gasteiger partial charge is 0.0568 e. The van der Waals surface area contributed by atoms with Crippen LogP contribution in [0.5, 0.6) is 0 Å². The Bertz CT molecular complexity index is 594. The second-order valence-electron chi connectivity index (χ2n) is 6.12. The van der Waals surface area contributed by atoms with Crippen LogP contribution in [0, 0.1) is 10.8 Å². The summed E-state index contributed by atoms with van der Waals surface area (Å²) in [4.78, 5) is 0. The van der Waals surface area contributed by atoms with E-state index in [1.165, 1.54) is 44.9 Å². The standard InChI is InChI=1S/C19H28N4.2BrH/c20-18-8-14-22(15-9-18)12-6-4-2-1-3-5-7-13-23-16-10-19(21)11-17-23;;/h8-11,14-17,20-21H,1-7,12-13H2;2*1H. The lowest BCUT2D eigenvalue weighted by atomic mass is 10.1. The highest BCUT2D eigenvalue weighted by Crippen LogP contribution is 2.08. The third kappa shape index (κ3) is 10.4. The van der Waals surface area contributed by atoms with Crippen molar-refractivity contribution in [2.24, 2.45) is 0 Å². The van der Waals surface area contributed by atoms with E-state index in [-0.39, 0.29) is 34.0 Å². The highest BCUT2D eigenvalue weighted by molar-refractivity contribution is 8.93. The molecule has 0 radical (unpaired) electrons. The van der Waals surface area contributed by atoms with Gasteiger partial charge in [0.1, 0.15) is 0 Å². The Kier molecular flexibility index (Phi) is 13.4. The molecule has 0 aliphatic carbocycles. The number of hydrogen-bond acceptors (Lipinski definition) is 2. The Morgan fingerprint density at radius 2 is 0.800 bits per heavy atom. The number of aromatic nitrogens is 2. The van der Waals surface area contributed by atoms with Gasteiger partial charge in [-0.25, -0.2) is 0 Å². The molecule has 0 aliphatic rings. The van der Waals surface area contributed by atoms with Gasteiger partial charge in [0.15, 0.2) is 0 Å². The molecule has 2 aromatic heterocycles. The summed E-state index contributed by atoms with van der Waals surface area (Å²) in [7, 11) is 0. The quantitative estimate of drug-likeness (QED) is 0.464. The molecular formula is C19H30Br2N4. The van der Waals surface area contributed by atoms with Crippen molar-refractivity contribution < 1.29 is 0 Å². The minimum Gasteiger partial charge on any atom is -0.354 e. The van der Waals surface area contributed by atoms with Gasteiger partial charge in [0.2, 0.25) is 0 Å². The highest BCUT2D eigenvalue weighted by atomic mass is 79.9. The van der Waals surface area contributed by atoms with Gasteiger partial charge in [-0.1, -0.05) is 32.1 Å². The molecule has 2 rings (SSSR count). The second kappa shape index (κ2) is 14.1. The first-order valence-electron chi connectivity index (χ1n) is 8.65. The van der Waals surface area contributed by atoms with Crippen molar-refractivity contribution in [1.29, 1.82) is 10.8 Å². The maximum absolute atomic E-state index is 7.46. The summed E-state index contributed by atoms with van der Waals surface area (Å²) < 4.78 is 4.33. The average Bonchev–Trinajstić information content (AvgIpc) is 2.56. The maximum atomic E-state index is 7.46. The van der Waals surface area contributed by atoms with Crippen LogP contribution in [0.1, 0.15) is 44.9 Å². The van der Waals surface area contributed by atoms with E-state index in [9.17, 15) is 0 Å². The van der Waals surface area contributed by atoms with Crippen molar-refractivity contribution >= 4 is 34.0 Å². The zero-order valence-electron chi connectivity index (χ0n) is 14.7. The van der Waals surface area contributed by atoms with E-state index < -0.39 is 0 Å². The summed E-state index contributed by atoms with van der Waals surface area (Å²) in [5.74, 6) is 0. The molecule has 2 heterocycles. The molecule has 140 valence electrons. The van der Waals surface area contributed by atoms with Gasteiger partial charge in [-0.05, 0) is 37.1 Å². The van der Waals surface area contributed by atoms with Crippen LogP contribution in [0.25, 0.3) is 0 Å². The molecule has 0 saturated carbocycles. The van der Waals surface area contributed by atoms with Gasteiger partial charge in [0, 0.05) is 37.9 Å². The third-order valence-corrected chi connectivity index (χ3v) is 4.11. The average molecular weight is 474 g/mol. The first-order valence-corrected chi connectivity index (χ1v) is 8.65. The zero-order valence-corrected chi connectivity index (χ0v) is 18.1. The molecule has 0 spiro atoms. The van der Waals surface area contributed by atoms with Gasteiger partial charge in [-0.3, -0.25) is 0 Å². The number of unbranched alkanes of at least 4 members (excludes halogenated alkanes) is 6. The molecule has 0 amide bonds. The van der Waals surface area contributed by atoms with Gasteiger partial charge in [0.05, 0.1) is 10.7 Å². The van der Waals surface area contributed by atoms with Crippen molar-refractivity contribution in [1.82, 2.24) is 9.13 Å². The molecule has 0 atom stereocenters. The molecule has 0 saturated heterocycles.